The summed E-state index contributed by atoms with van der Waals surface area (Å²) in [6.07, 6.45) is 0. The summed E-state index contributed by atoms with van der Waals surface area (Å²) in [5, 5.41) is 12.6. The summed E-state index contributed by atoms with van der Waals surface area (Å²) in [7, 11) is 0. The predicted molar refractivity (Wildman–Crippen MR) is 104 cm³/mol. The van der Waals surface area contributed by atoms with Crippen molar-refractivity contribution in [3.05, 3.63) is 62.1 Å². The number of aryl methyl sites for hydroxylation is 1. The van der Waals surface area contributed by atoms with Gasteiger partial charge in [-0.05, 0) is 36.1 Å². The fourth-order valence-electron chi connectivity index (χ4n) is 3.45. The number of carbonyl (C=O) groups excluding carboxylic acids is 1. The van der Waals surface area contributed by atoms with Crippen LogP contribution >= 0.6 is 11.3 Å². The van der Waals surface area contributed by atoms with Gasteiger partial charge in [-0.25, -0.2) is 4.79 Å². The fraction of sp³-hybridized carbons (Fsp3) is 0.300. The molecule has 7 heteroatoms. The van der Waals surface area contributed by atoms with Crippen LogP contribution < -0.4 is 5.63 Å². The molecular weight excluding hydrogens is 364 g/mol. The third kappa shape index (κ3) is 3.48. The van der Waals surface area contributed by atoms with Gasteiger partial charge in [0.25, 0.3) is 5.91 Å². The highest BCUT2D eigenvalue weighted by atomic mass is 32.1. The number of rotatable bonds is 3. The van der Waals surface area contributed by atoms with Crippen LogP contribution in [0.4, 0.5) is 0 Å². The third-order valence-corrected chi connectivity index (χ3v) is 5.86. The monoisotopic (exact) mass is 384 g/mol. The van der Waals surface area contributed by atoms with Crippen LogP contribution in [0.15, 0.2) is 44.9 Å². The Hall–Kier alpha value is -2.64. The average molecular weight is 384 g/mol. The van der Waals surface area contributed by atoms with E-state index >= 15 is 0 Å². The second-order valence-electron chi connectivity index (χ2n) is 6.72. The van der Waals surface area contributed by atoms with E-state index in [1.807, 2.05) is 22.4 Å². The number of thiophene rings is 1. The second kappa shape index (κ2) is 7.17. The number of phenolic OH excluding ortho intramolecular Hbond substituents is 1. The number of benzene rings is 1. The van der Waals surface area contributed by atoms with Gasteiger partial charge in [-0.2, -0.15) is 0 Å². The van der Waals surface area contributed by atoms with Crippen LogP contribution in [0.25, 0.3) is 11.0 Å². The van der Waals surface area contributed by atoms with E-state index in [2.05, 4.69) is 4.90 Å². The molecule has 0 saturated carbocycles. The molecule has 140 valence electrons. The standard InChI is InChI=1S/C20H20N2O4S/c1-13-16(23)5-4-15-14(11-18(24)26-19(13)15)12-21-6-8-22(9-7-21)20(25)17-3-2-10-27-17/h2-5,10-11,23H,6-9,12H2,1H3. The molecule has 1 aliphatic heterocycles. The molecule has 27 heavy (non-hydrogen) atoms. The first-order valence-corrected chi connectivity index (χ1v) is 9.71. The summed E-state index contributed by atoms with van der Waals surface area (Å²) in [6, 6.07) is 8.67. The lowest BCUT2D eigenvalue weighted by molar-refractivity contribution is 0.0633. The molecule has 0 aliphatic carbocycles. The van der Waals surface area contributed by atoms with Gasteiger partial charge in [-0.15, -0.1) is 11.3 Å². The number of nitrogens with zero attached hydrogens (tertiary/aromatic N) is 2. The van der Waals surface area contributed by atoms with Crippen molar-refractivity contribution >= 4 is 28.2 Å². The van der Waals surface area contributed by atoms with Gasteiger partial charge < -0.3 is 14.4 Å². The van der Waals surface area contributed by atoms with E-state index in [9.17, 15) is 14.7 Å². The van der Waals surface area contributed by atoms with Crippen LogP contribution in [0.2, 0.25) is 0 Å². The second-order valence-corrected chi connectivity index (χ2v) is 7.67. The normalized spacial score (nSPS) is 15.4. The molecule has 1 amide bonds. The molecular formula is C20H20N2O4S. The Morgan fingerprint density at radius 1 is 1.22 bits per heavy atom. The maximum Gasteiger partial charge on any atom is 0.336 e. The van der Waals surface area contributed by atoms with E-state index in [1.54, 1.807) is 19.1 Å². The Labute approximate surface area is 160 Å². The molecule has 0 unspecified atom stereocenters. The Kier molecular flexibility index (Phi) is 4.72. The van der Waals surface area contributed by atoms with Gasteiger partial charge in [0.2, 0.25) is 0 Å². The summed E-state index contributed by atoms with van der Waals surface area (Å²) in [6.45, 7) is 5.16. The Morgan fingerprint density at radius 3 is 2.70 bits per heavy atom. The Bertz CT molecular complexity index is 1030. The van der Waals surface area contributed by atoms with Crippen molar-refractivity contribution in [2.75, 3.05) is 26.2 Å². The smallest absolute Gasteiger partial charge is 0.336 e. The number of phenols is 1. The zero-order chi connectivity index (χ0) is 19.0. The number of piperazine rings is 1. The molecule has 0 spiro atoms. The van der Waals surface area contributed by atoms with E-state index in [0.29, 0.717) is 30.8 Å². The molecule has 0 atom stereocenters. The molecule has 4 rings (SSSR count). The van der Waals surface area contributed by atoms with Crippen molar-refractivity contribution in [2.45, 2.75) is 13.5 Å². The van der Waals surface area contributed by atoms with Crippen LogP contribution in [-0.2, 0) is 6.54 Å². The molecule has 1 aliphatic rings. The zero-order valence-electron chi connectivity index (χ0n) is 15.0. The summed E-state index contributed by atoms with van der Waals surface area (Å²) in [5.41, 5.74) is 1.46. The quantitative estimate of drug-likeness (QED) is 0.703. The highest BCUT2D eigenvalue weighted by Gasteiger charge is 2.23. The molecule has 6 nitrogen and oxygen atoms in total. The minimum Gasteiger partial charge on any atom is -0.508 e. The van der Waals surface area contributed by atoms with Crippen LogP contribution in [0.3, 0.4) is 0 Å². The average Bonchev–Trinajstić information content (AvgIpc) is 3.20. The van der Waals surface area contributed by atoms with Crippen molar-refractivity contribution < 1.29 is 14.3 Å². The van der Waals surface area contributed by atoms with Crippen molar-refractivity contribution in [1.29, 1.82) is 0 Å². The summed E-state index contributed by atoms with van der Waals surface area (Å²) in [4.78, 5) is 29.3. The molecule has 1 N–H and O–H groups in total. The van der Waals surface area contributed by atoms with Gasteiger partial charge in [0.15, 0.2) is 0 Å². The van der Waals surface area contributed by atoms with Gasteiger partial charge in [0.1, 0.15) is 11.3 Å². The van der Waals surface area contributed by atoms with E-state index in [4.69, 9.17) is 4.42 Å². The van der Waals surface area contributed by atoms with Gasteiger partial charge in [0, 0.05) is 49.7 Å². The molecule has 1 fully saturated rings. The summed E-state index contributed by atoms with van der Waals surface area (Å²) in [5.74, 6) is 0.199. The van der Waals surface area contributed by atoms with Crippen molar-refractivity contribution in [1.82, 2.24) is 9.80 Å². The highest BCUT2D eigenvalue weighted by molar-refractivity contribution is 7.12. The van der Waals surface area contributed by atoms with Gasteiger partial charge in [0.05, 0.1) is 4.88 Å². The van der Waals surface area contributed by atoms with Crippen molar-refractivity contribution in [3.63, 3.8) is 0 Å². The number of fused-ring (bicyclic) bond motifs is 1. The van der Waals surface area contributed by atoms with Crippen LogP contribution in [-0.4, -0.2) is 47.0 Å². The topological polar surface area (TPSA) is 74.0 Å². The maximum atomic E-state index is 12.5. The minimum atomic E-state index is -0.419. The van der Waals surface area contributed by atoms with E-state index in [0.717, 1.165) is 28.9 Å². The molecule has 3 heterocycles. The summed E-state index contributed by atoms with van der Waals surface area (Å²) >= 11 is 1.46. The number of aromatic hydroxyl groups is 1. The third-order valence-electron chi connectivity index (χ3n) is 5.00. The lowest BCUT2D eigenvalue weighted by atomic mass is 10.1. The number of hydrogen-bond acceptors (Lipinski definition) is 6. The lowest BCUT2D eigenvalue weighted by Crippen LogP contribution is -2.48. The molecule has 2 aromatic heterocycles. The lowest BCUT2D eigenvalue weighted by Gasteiger charge is -2.34. The Morgan fingerprint density at radius 2 is 2.00 bits per heavy atom. The highest BCUT2D eigenvalue weighted by Crippen LogP contribution is 2.28. The largest absolute Gasteiger partial charge is 0.508 e. The van der Waals surface area contributed by atoms with E-state index < -0.39 is 5.63 Å². The Balaban J connectivity index is 1.50. The first kappa shape index (κ1) is 17.8. The van der Waals surface area contributed by atoms with Crippen molar-refractivity contribution in [3.8, 4) is 5.75 Å². The molecule has 3 aromatic rings. The fourth-order valence-corrected chi connectivity index (χ4v) is 4.14. The summed E-state index contributed by atoms with van der Waals surface area (Å²) < 4.78 is 5.31. The van der Waals surface area contributed by atoms with E-state index in [1.165, 1.54) is 17.4 Å². The number of carbonyl (C=O) groups is 1. The first-order valence-electron chi connectivity index (χ1n) is 8.83. The molecule has 0 bridgehead atoms. The van der Waals surface area contributed by atoms with Crippen molar-refractivity contribution in [2.24, 2.45) is 0 Å². The molecule has 0 radical (unpaired) electrons. The zero-order valence-corrected chi connectivity index (χ0v) is 15.8. The van der Waals surface area contributed by atoms with E-state index in [-0.39, 0.29) is 11.7 Å². The van der Waals surface area contributed by atoms with Crippen LogP contribution in [0.1, 0.15) is 20.8 Å². The predicted octanol–water partition coefficient (Wildman–Crippen LogP) is 2.83. The van der Waals surface area contributed by atoms with Crippen LogP contribution in [0, 0.1) is 6.92 Å². The van der Waals surface area contributed by atoms with Crippen LogP contribution in [0.5, 0.6) is 5.75 Å². The first-order chi connectivity index (χ1) is 13.0. The molecule has 1 saturated heterocycles. The minimum absolute atomic E-state index is 0.0848. The molecule has 1 aromatic carbocycles. The van der Waals surface area contributed by atoms with Gasteiger partial charge >= 0.3 is 5.63 Å². The number of hydrogen-bond donors (Lipinski definition) is 1. The SMILES string of the molecule is Cc1c(O)ccc2c(CN3CCN(C(=O)c4cccs4)CC3)cc(=O)oc12. The van der Waals surface area contributed by atoms with Gasteiger partial charge in [-0.1, -0.05) is 6.07 Å². The maximum absolute atomic E-state index is 12.5. The number of amides is 1. The van der Waals surface area contributed by atoms with Gasteiger partial charge in [-0.3, -0.25) is 9.69 Å².